The highest BCUT2D eigenvalue weighted by Gasteiger charge is 2.49. The minimum absolute atomic E-state index is 0.0425. The van der Waals surface area contributed by atoms with E-state index in [1.165, 1.54) is 32.1 Å². The quantitative estimate of drug-likeness (QED) is 0.164. The van der Waals surface area contributed by atoms with Gasteiger partial charge in [0, 0.05) is 29.5 Å². The number of rotatable bonds is 10. The molecule has 0 spiro atoms. The molecule has 1 saturated heterocycles. The van der Waals surface area contributed by atoms with Gasteiger partial charge in [-0.25, -0.2) is 4.74 Å². The molecule has 0 radical (unpaired) electrons. The maximum absolute atomic E-state index is 12.8. The standard InChI is InChI=1S/C24H40N2O2/c1-6-7-8-9-10-14-17-28-26-23(2,3)18-22(19-24(26,4)5)25(27)20-21-15-12-11-13-16-21/h11-13,15-16,20,22H,6-10,14,17-19H2,1-5H3. The number of nitrogens with zero attached hydrogens (tertiary/aromatic N) is 2. The van der Waals surface area contributed by atoms with Crippen LogP contribution in [0, 0.1) is 5.21 Å². The van der Waals surface area contributed by atoms with Crippen molar-refractivity contribution in [2.24, 2.45) is 0 Å². The fraction of sp³-hybridized carbons (Fsp3) is 0.708. The number of unbranched alkanes of at least 4 members (excludes halogenated alkanes) is 5. The third-order valence-electron chi connectivity index (χ3n) is 5.72. The molecule has 28 heavy (non-hydrogen) atoms. The van der Waals surface area contributed by atoms with Gasteiger partial charge in [-0.2, -0.15) is 5.06 Å². The van der Waals surface area contributed by atoms with E-state index >= 15 is 0 Å². The van der Waals surface area contributed by atoms with Crippen molar-refractivity contribution in [3.05, 3.63) is 41.1 Å². The van der Waals surface area contributed by atoms with Crippen LogP contribution in [-0.4, -0.2) is 39.7 Å². The summed E-state index contributed by atoms with van der Waals surface area (Å²) >= 11 is 0. The van der Waals surface area contributed by atoms with Crippen LogP contribution in [0.1, 0.15) is 91.5 Å². The molecule has 0 bridgehead atoms. The van der Waals surface area contributed by atoms with Crippen molar-refractivity contribution in [3.63, 3.8) is 0 Å². The summed E-state index contributed by atoms with van der Waals surface area (Å²) in [7, 11) is 0. The Labute approximate surface area is 172 Å². The number of hydroxylamine groups is 3. The lowest BCUT2D eigenvalue weighted by Crippen LogP contribution is -2.62. The van der Waals surface area contributed by atoms with E-state index in [-0.39, 0.29) is 17.1 Å². The first-order valence-electron chi connectivity index (χ1n) is 11.0. The number of hydrogen-bond donors (Lipinski definition) is 0. The van der Waals surface area contributed by atoms with Crippen LogP contribution in [-0.2, 0) is 4.84 Å². The Hall–Kier alpha value is -1.39. The van der Waals surface area contributed by atoms with E-state index in [2.05, 4.69) is 39.7 Å². The summed E-state index contributed by atoms with van der Waals surface area (Å²) in [5.41, 5.74) is 0.596. The number of benzene rings is 1. The highest BCUT2D eigenvalue weighted by atomic mass is 16.7. The molecule has 158 valence electrons. The van der Waals surface area contributed by atoms with Crippen molar-refractivity contribution in [2.45, 2.75) is 103 Å². The van der Waals surface area contributed by atoms with E-state index in [9.17, 15) is 5.21 Å². The van der Waals surface area contributed by atoms with Crippen molar-refractivity contribution < 1.29 is 9.58 Å². The van der Waals surface area contributed by atoms with Gasteiger partial charge in [0.2, 0.25) is 0 Å². The SMILES string of the molecule is CCCCCCCCON1C(C)(C)CC([N+]([O-])=Cc2ccccc2)CC1(C)C. The minimum atomic E-state index is -0.179. The molecule has 4 nitrogen and oxygen atoms in total. The molecule has 0 atom stereocenters. The second-order valence-electron chi connectivity index (χ2n) is 9.48. The van der Waals surface area contributed by atoms with Gasteiger partial charge in [-0.3, -0.25) is 4.84 Å². The van der Waals surface area contributed by atoms with E-state index in [0.29, 0.717) is 0 Å². The molecule has 1 aliphatic heterocycles. The largest absolute Gasteiger partial charge is 0.624 e. The van der Waals surface area contributed by atoms with Gasteiger partial charge in [-0.1, -0.05) is 57.2 Å². The molecule has 2 rings (SSSR count). The summed E-state index contributed by atoms with van der Waals surface area (Å²) in [5.74, 6) is 0. The van der Waals surface area contributed by atoms with Crippen LogP contribution in [0.5, 0.6) is 0 Å². The van der Waals surface area contributed by atoms with Gasteiger partial charge in [-0.05, 0) is 46.2 Å². The summed E-state index contributed by atoms with van der Waals surface area (Å²) in [4.78, 5) is 6.27. The molecule has 0 aliphatic carbocycles. The molecule has 1 heterocycles. The van der Waals surface area contributed by atoms with Crippen molar-refractivity contribution in [1.29, 1.82) is 0 Å². The Morgan fingerprint density at radius 1 is 1.00 bits per heavy atom. The Bertz CT molecular complexity index is 592. The van der Waals surface area contributed by atoms with Crippen LogP contribution in [0.3, 0.4) is 0 Å². The first-order chi connectivity index (χ1) is 13.3. The minimum Gasteiger partial charge on any atom is -0.624 e. The normalized spacial score (nSPS) is 20.4. The molecule has 1 aliphatic rings. The monoisotopic (exact) mass is 388 g/mol. The summed E-state index contributed by atoms with van der Waals surface area (Å²) in [6.07, 6.45) is 10.9. The van der Waals surface area contributed by atoms with Gasteiger partial charge < -0.3 is 5.21 Å². The predicted octanol–water partition coefficient (Wildman–Crippen LogP) is 5.93. The first kappa shape index (κ1) is 22.9. The lowest BCUT2D eigenvalue weighted by molar-refractivity contribution is -0.515. The van der Waals surface area contributed by atoms with Gasteiger partial charge in [0.25, 0.3) is 0 Å². The first-order valence-corrected chi connectivity index (χ1v) is 11.0. The summed E-state index contributed by atoms with van der Waals surface area (Å²) < 4.78 is 1.16. The van der Waals surface area contributed by atoms with Gasteiger partial charge in [0.1, 0.15) is 0 Å². The van der Waals surface area contributed by atoms with Crippen molar-refractivity contribution in [2.75, 3.05) is 6.61 Å². The lowest BCUT2D eigenvalue weighted by Gasteiger charge is -2.52. The molecule has 4 heteroatoms. The Kier molecular flexibility index (Phi) is 8.51. The molecule has 1 aromatic carbocycles. The highest BCUT2D eigenvalue weighted by molar-refractivity contribution is 5.75. The van der Waals surface area contributed by atoms with Gasteiger partial charge in [0.15, 0.2) is 12.3 Å². The fourth-order valence-electron chi connectivity index (χ4n) is 4.57. The molecule has 1 aromatic rings. The summed E-state index contributed by atoms with van der Waals surface area (Å²) in [6.45, 7) is 11.8. The maximum Gasteiger partial charge on any atom is 0.182 e. The van der Waals surface area contributed by atoms with Crippen LogP contribution in [0.2, 0.25) is 0 Å². The van der Waals surface area contributed by atoms with Crippen LogP contribution in [0.25, 0.3) is 0 Å². The van der Waals surface area contributed by atoms with Gasteiger partial charge >= 0.3 is 0 Å². The molecule has 0 saturated carbocycles. The van der Waals surface area contributed by atoms with E-state index in [1.54, 1.807) is 6.21 Å². The zero-order valence-corrected chi connectivity index (χ0v) is 18.6. The summed E-state index contributed by atoms with van der Waals surface area (Å²) in [5, 5.41) is 15.0. The molecular formula is C24H40N2O2. The molecule has 0 aromatic heterocycles. The molecule has 0 N–H and O–H groups in total. The number of hydrogen-bond acceptors (Lipinski definition) is 3. The maximum atomic E-state index is 12.8. The molecule has 0 amide bonds. The predicted molar refractivity (Wildman–Crippen MR) is 118 cm³/mol. The molecule has 1 fully saturated rings. The van der Waals surface area contributed by atoms with E-state index in [4.69, 9.17) is 4.84 Å². The average Bonchev–Trinajstić information content (AvgIpc) is 2.62. The second-order valence-corrected chi connectivity index (χ2v) is 9.48. The van der Waals surface area contributed by atoms with Crippen molar-refractivity contribution in [1.82, 2.24) is 5.06 Å². The zero-order chi connectivity index (χ0) is 20.6. The fourth-order valence-corrected chi connectivity index (χ4v) is 4.57. The topological polar surface area (TPSA) is 38.5 Å². The second kappa shape index (κ2) is 10.4. The van der Waals surface area contributed by atoms with Crippen molar-refractivity contribution in [3.8, 4) is 0 Å². The van der Waals surface area contributed by atoms with E-state index in [0.717, 1.165) is 36.2 Å². The molecule has 0 unspecified atom stereocenters. The van der Waals surface area contributed by atoms with Crippen LogP contribution in [0.15, 0.2) is 30.3 Å². The third kappa shape index (κ3) is 6.59. The van der Waals surface area contributed by atoms with E-state index < -0.39 is 0 Å². The number of piperidine rings is 1. The summed E-state index contributed by atoms with van der Waals surface area (Å²) in [6, 6.07) is 9.80. The van der Waals surface area contributed by atoms with Gasteiger partial charge in [-0.15, -0.1) is 0 Å². The Balaban J connectivity index is 1.94. The van der Waals surface area contributed by atoms with Crippen molar-refractivity contribution >= 4 is 6.21 Å². The van der Waals surface area contributed by atoms with Crippen LogP contribution in [0.4, 0.5) is 0 Å². The molecular weight excluding hydrogens is 348 g/mol. The van der Waals surface area contributed by atoms with E-state index in [1.807, 2.05) is 30.3 Å². The Morgan fingerprint density at radius 3 is 2.18 bits per heavy atom. The van der Waals surface area contributed by atoms with Crippen LogP contribution >= 0.6 is 0 Å². The average molecular weight is 389 g/mol. The highest BCUT2D eigenvalue weighted by Crippen LogP contribution is 2.39. The third-order valence-corrected chi connectivity index (χ3v) is 5.72. The Morgan fingerprint density at radius 2 is 1.57 bits per heavy atom. The van der Waals surface area contributed by atoms with Gasteiger partial charge in [0.05, 0.1) is 6.61 Å². The zero-order valence-electron chi connectivity index (χ0n) is 18.6. The van der Waals surface area contributed by atoms with Crippen LogP contribution < -0.4 is 0 Å². The lowest BCUT2D eigenvalue weighted by atomic mass is 9.79. The smallest absolute Gasteiger partial charge is 0.182 e.